The normalized spacial score (nSPS) is 12.9. The van der Waals surface area contributed by atoms with Crippen LogP contribution in [-0.2, 0) is 0 Å². The lowest BCUT2D eigenvalue weighted by Gasteiger charge is -2.09. The second-order valence-corrected chi connectivity index (χ2v) is 10.1. The highest BCUT2D eigenvalue weighted by Crippen LogP contribution is 2.35. The number of nitrogens with zero attached hydrogens (tertiary/aromatic N) is 3. The maximum absolute atomic E-state index is 8.48. The van der Waals surface area contributed by atoms with Crippen molar-refractivity contribution in [1.82, 2.24) is 15.0 Å². The molecule has 0 aliphatic rings. The molecule has 0 bridgehead atoms. The summed E-state index contributed by atoms with van der Waals surface area (Å²) in [6, 6.07) is 37.3. The zero-order chi connectivity index (χ0) is 32.9. The standard InChI is InChI=1S/C39H25N3O/c1-4-11-26(12-5-1)29-17-10-18-31(23-29)38-40-37(28-15-8-3-9-16-28)41-39(42-38)32-19-21-33-34-24-30(27-13-6-2-7-14-27)20-22-35(34)43-36(33)25-32/h1-25H/i1D,4D,5D,11D,12D. The predicted octanol–water partition coefficient (Wildman–Crippen LogP) is 10.1. The molecule has 0 saturated heterocycles. The van der Waals surface area contributed by atoms with Gasteiger partial charge in [-0.1, -0.05) is 121 Å². The van der Waals surface area contributed by atoms with Crippen LogP contribution in [0.4, 0.5) is 0 Å². The van der Waals surface area contributed by atoms with Crippen molar-refractivity contribution >= 4 is 21.9 Å². The van der Waals surface area contributed by atoms with E-state index >= 15 is 0 Å². The van der Waals surface area contributed by atoms with Crippen molar-refractivity contribution < 1.29 is 11.3 Å². The molecular weight excluding hydrogens is 526 g/mol. The number of hydrogen-bond donors (Lipinski definition) is 0. The van der Waals surface area contributed by atoms with Gasteiger partial charge in [0.25, 0.3) is 0 Å². The van der Waals surface area contributed by atoms with E-state index in [2.05, 4.69) is 24.3 Å². The highest BCUT2D eigenvalue weighted by molar-refractivity contribution is 6.07. The predicted molar refractivity (Wildman–Crippen MR) is 174 cm³/mol. The number of benzene rings is 6. The average Bonchev–Trinajstić information content (AvgIpc) is 3.51. The van der Waals surface area contributed by atoms with E-state index in [9.17, 15) is 0 Å². The van der Waals surface area contributed by atoms with Gasteiger partial charge in [0.1, 0.15) is 11.2 Å². The van der Waals surface area contributed by atoms with Crippen molar-refractivity contribution in [2.45, 2.75) is 0 Å². The average molecular weight is 557 g/mol. The Labute approximate surface area is 256 Å². The fraction of sp³-hybridized carbons (Fsp3) is 0. The summed E-state index contributed by atoms with van der Waals surface area (Å²) < 4.78 is 47.5. The zero-order valence-corrected chi connectivity index (χ0v) is 22.8. The number of aromatic nitrogens is 3. The summed E-state index contributed by atoms with van der Waals surface area (Å²) in [6.45, 7) is 0. The van der Waals surface area contributed by atoms with E-state index in [-0.39, 0.29) is 29.7 Å². The van der Waals surface area contributed by atoms with E-state index < -0.39 is 6.04 Å². The summed E-state index contributed by atoms with van der Waals surface area (Å²) in [5.41, 5.74) is 6.47. The van der Waals surface area contributed by atoms with E-state index in [0.29, 0.717) is 34.2 Å². The molecule has 0 spiro atoms. The molecule has 0 amide bonds. The van der Waals surface area contributed by atoms with Crippen LogP contribution in [0.25, 0.3) is 78.4 Å². The second-order valence-electron chi connectivity index (χ2n) is 10.1. The van der Waals surface area contributed by atoms with Gasteiger partial charge in [-0.05, 0) is 52.6 Å². The van der Waals surface area contributed by atoms with E-state index in [1.807, 2.05) is 78.9 Å². The Morgan fingerprint density at radius 3 is 1.72 bits per heavy atom. The van der Waals surface area contributed by atoms with Crippen LogP contribution in [0.15, 0.2) is 156 Å². The topological polar surface area (TPSA) is 51.8 Å². The fourth-order valence-electron chi connectivity index (χ4n) is 5.29. The van der Waals surface area contributed by atoms with Crippen molar-refractivity contribution in [1.29, 1.82) is 0 Å². The Kier molecular flexibility index (Phi) is 4.91. The highest BCUT2D eigenvalue weighted by Gasteiger charge is 2.15. The molecule has 0 fully saturated rings. The van der Waals surface area contributed by atoms with Crippen molar-refractivity contribution in [2.75, 3.05) is 0 Å². The van der Waals surface area contributed by atoms with Gasteiger partial charge in [0.2, 0.25) is 0 Å². The Hall–Kier alpha value is -5.87. The molecule has 0 atom stereocenters. The minimum Gasteiger partial charge on any atom is -0.456 e. The van der Waals surface area contributed by atoms with E-state index in [4.69, 9.17) is 26.2 Å². The minimum absolute atomic E-state index is 0.117. The summed E-state index contributed by atoms with van der Waals surface area (Å²) in [4.78, 5) is 14.6. The first-order valence-electron chi connectivity index (χ1n) is 16.4. The molecule has 0 aliphatic carbocycles. The monoisotopic (exact) mass is 556 g/mol. The van der Waals surface area contributed by atoms with Gasteiger partial charge in [-0.3, -0.25) is 0 Å². The third-order valence-electron chi connectivity index (χ3n) is 7.41. The lowest BCUT2D eigenvalue weighted by molar-refractivity contribution is 0.669. The Bertz CT molecular complexity index is 2490. The van der Waals surface area contributed by atoms with Crippen molar-refractivity contribution in [3.63, 3.8) is 0 Å². The van der Waals surface area contributed by atoms with Gasteiger partial charge in [0, 0.05) is 27.5 Å². The maximum atomic E-state index is 8.48. The van der Waals surface area contributed by atoms with Gasteiger partial charge in [-0.15, -0.1) is 0 Å². The number of furan rings is 1. The van der Waals surface area contributed by atoms with Crippen LogP contribution in [0.3, 0.4) is 0 Å². The minimum atomic E-state index is -0.433. The van der Waals surface area contributed by atoms with Crippen molar-refractivity contribution in [3.8, 4) is 56.4 Å². The lowest BCUT2D eigenvalue weighted by Crippen LogP contribution is -2.00. The molecule has 8 aromatic rings. The van der Waals surface area contributed by atoms with Crippen molar-refractivity contribution in [2.24, 2.45) is 0 Å². The van der Waals surface area contributed by atoms with Crippen LogP contribution < -0.4 is 0 Å². The molecule has 4 heteroatoms. The van der Waals surface area contributed by atoms with Gasteiger partial charge in [0.05, 0.1) is 6.85 Å². The third-order valence-corrected chi connectivity index (χ3v) is 7.41. The molecule has 0 N–H and O–H groups in total. The first-order chi connectivity index (χ1) is 23.4. The second kappa shape index (κ2) is 10.5. The van der Waals surface area contributed by atoms with E-state index in [1.165, 1.54) is 0 Å². The maximum Gasteiger partial charge on any atom is 0.164 e. The summed E-state index contributed by atoms with van der Waals surface area (Å²) in [5.74, 6) is 1.30. The highest BCUT2D eigenvalue weighted by atomic mass is 16.3. The lowest BCUT2D eigenvalue weighted by atomic mass is 10.0. The van der Waals surface area contributed by atoms with E-state index in [0.717, 1.165) is 38.6 Å². The first kappa shape index (κ1) is 20.1. The molecule has 2 aromatic heterocycles. The molecule has 8 rings (SSSR count). The van der Waals surface area contributed by atoms with Crippen LogP contribution in [0.5, 0.6) is 0 Å². The summed E-state index contributed by atoms with van der Waals surface area (Å²) in [7, 11) is 0. The molecular formula is C39H25N3O. The number of rotatable bonds is 5. The summed E-state index contributed by atoms with van der Waals surface area (Å²) >= 11 is 0. The van der Waals surface area contributed by atoms with Crippen molar-refractivity contribution in [3.05, 3.63) is 152 Å². The molecule has 0 radical (unpaired) electrons. The van der Waals surface area contributed by atoms with Crippen LogP contribution in [0, 0.1) is 0 Å². The van der Waals surface area contributed by atoms with E-state index in [1.54, 1.807) is 18.2 Å². The zero-order valence-electron chi connectivity index (χ0n) is 27.8. The van der Waals surface area contributed by atoms with Crippen LogP contribution in [-0.4, -0.2) is 15.0 Å². The molecule has 43 heavy (non-hydrogen) atoms. The molecule has 0 unspecified atom stereocenters. The van der Waals surface area contributed by atoms with Crippen LogP contribution in [0.1, 0.15) is 6.85 Å². The molecule has 2 heterocycles. The number of hydrogen-bond acceptors (Lipinski definition) is 4. The molecule has 0 saturated carbocycles. The fourth-order valence-corrected chi connectivity index (χ4v) is 5.29. The quantitative estimate of drug-likeness (QED) is 0.212. The van der Waals surface area contributed by atoms with Gasteiger partial charge in [-0.2, -0.15) is 0 Å². The Balaban J connectivity index is 1.26. The molecule has 0 aliphatic heterocycles. The molecule has 202 valence electrons. The SMILES string of the molecule is [2H]c1c([2H])c([2H])c(-c2cccc(-c3nc(-c4ccccc4)nc(-c4ccc5c(c4)oc4ccc(-c6ccccc6)cc45)n3)c2)c([2H])c1[2H]. The largest absolute Gasteiger partial charge is 0.456 e. The molecule has 6 aromatic carbocycles. The van der Waals surface area contributed by atoms with Crippen LogP contribution >= 0.6 is 0 Å². The van der Waals surface area contributed by atoms with Gasteiger partial charge in [0.15, 0.2) is 17.5 Å². The molecule has 4 nitrogen and oxygen atoms in total. The van der Waals surface area contributed by atoms with Gasteiger partial charge in [-0.25, -0.2) is 15.0 Å². The Morgan fingerprint density at radius 2 is 0.977 bits per heavy atom. The first-order valence-corrected chi connectivity index (χ1v) is 13.9. The van der Waals surface area contributed by atoms with Gasteiger partial charge < -0.3 is 4.42 Å². The number of fused-ring (bicyclic) bond motifs is 3. The summed E-state index contributed by atoms with van der Waals surface area (Å²) in [5, 5.41) is 2.00. The smallest absolute Gasteiger partial charge is 0.164 e. The third kappa shape index (κ3) is 4.75. The Morgan fingerprint density at radius 1 is 0.395 bits per heavy atom. The summed E-state index contributed by atoms with van der Waals surface area (Å²) in [6.07, 6.45) is 0. The van der Waals surface area contributed by atoms with Crippen LogP contribution in [0.2, 0.25) is 0 Å². The van der Waals surface area contributed by atoms with Gasteiger partial charge >= 0.3 is 0 Å².